The number of rotatable bonds is 9. The maximum atomic E-state index is 12.2. The second-order valence-corrected chi connectivity index (χ2v) is 9.87. The predicted octanol–water partition coefficient (Wildman–Crippen LogP) is 6.86. The number of hydrogen-bond acceptors (Lipinski definition) is 4. The van der Waals surface area contributed by atoms with E-state index in [1.807, 2.05) is 31.2 Å². The number of aliphatic carboxylic acids is 1. The van der Waals surface area contributed by atoms with E-state index in [-0.39, 0.29) is 11.5 Å². The molecule has 0 radical (unpaired) electrons. The predicted molar refractivity (Wildman–Crippen MR) is 134 cm³/mol. The summed E-state index contributed by atoms with van der Waals surface area (Å²) in [5.41, 5.74) is 0.108. The van der Waals surface area contributed by atoms with Gasteiger partial charge in [0.2, 0.25) is 5.60 Å². The topological polar surface area (TPSA) is 65.0 Å². The van der Waals surface area contributed by atoms with Crippen molar-refractivity contribution in [2.75, 3.05) is 6.61 Å². The van der Waals surface area contributed by atoms with Crippen molar-refractivity contribution in [1.82, 2.24) is 0 Å². The summed E-state index contributed by atoms with van der Waals surface area (Å²) in [5.74, 6) is 0.732. The van der Waals surface area contributed by atoms with Gasteiger partial charge in [-0.3, -0.25) is 0 Å². The maximum absolute atomic E-state index is 12.2. The van der Waals surface area contributed by atoms with Gasteiger partial charge >= 0.3 is 5.97 Å². The highest BCUT2D eigenvalue weighted by Crippen LogP contribution is 2.32. The largest absolute Gasteiger partial charge is 0.490 e. The minimum absolute atomic E-state index is 0.00144. The normalized spacial score (nSPS) is 14.1. The van der Waals surface area contributed by atoms with E-state index in [1.165, 1.54) is 0 Å². The van der Waals surface area contributed by atoms with Crippen LogP contribution in [0, 0.1) is 0 Å². The third-order valence-corrected chi connectivity index (χ3v) is 5.74. The summed E-state index contributed by atoms with van der Waals surface area (Å²) >= 11 is 5.89. The summed E-state index contributed by atoms with van der Waals surface area (Å²) < 4.78 is 17.6. The summed E-state index contributed by atoms with van der Waals surface area (Å²) in [7, 11) is 0. The first-order chi connectivity index (χ1) is 16.0. The molecule has 3 rings (SSSR count). The van der Waals surface area contributed by atoms with Crippen LogP contribution in [0.15, 0.2) is 72.8 Å². The molecule has 1 N–H and O–H groups in total. The summed E-state index contributed by atoms with van der Waals surface area (Å²) in [4.78, 5) is 12.2. The van der Waals surface area contributed by atoms with E-state index in [2.05, 4.69) is 20.8 Å². The third-order valence-electron chi connectivity index (χ3n) is 5.49. The van der Waals surface area contributed by atoms with Crippen LogP contribution in [0.1, 0.15) is 45.7 Å². The fourth-order valence-corrected chi connectivity index (χ4v) is 3.47. The van der Waals surface area contributed by atoms with Crippen molar-refractivity contribution < 1.29 is 24.1 Å². The number of halogens is 1. The molecule has 0 aromatic heterocycles. The molecule has 0 aliphatic rings. The minimum Gasteiger partial charge on any atom is -0.490 e. The van der Waals surface area contributed by atoms with Gasteiger partial charge in [0.15, 0.2) is 0 Å². The van der Waals surface area contributed by atoms with E-state index >= 15 is 0 Å². The number of carbonyl (C=O) groups is 1. The first-order valence-corrected chi connectivity index (χ1v) is 11.5. The van der Waals surface area contributed by atoms with Crippen molar-refractivity contribution in [2.45, 2.75) is 51.7 Å². The van der Waals surface area contributed by atoms with Crippen LogP contribution in [0.4, 0.5) is 0 Å². The molecule has 180 valence electrons. The fourth-order valence-electron chi connectivity index (χ4n) is 3.35. The van der Waals surface area contributed by atoms with Crippen molar-refractivity contribution >= 4 is 17.6 Å². The highest BCUT2D eigenvalue weighted by atomic mass is 35.5. The van der Waals surface area contributed by atoms with Crippen LogP contribution in [0.2, 0.25) is 5.02 Å². The average Bonchev–Trinajstić information content (AvgIpc) is 2.79. The summed E-state index contributed by atoms with van der Waals surface area (Å²) in [6.07, 6.45) is -0.218. The Hall–Kier alpha value is -3.18. The van der Waals surface area contributed by atoms with Gasteiger partial charge in [0.05, 0.1) is 0 Å². The molecule has 0 aliphatic carbocycles. The van der Waals surface area contributed by atoms with Crippen LogP contribution in [0.3, 0.4) is 0 Å². The van der Waals surface area contributed by atoms with E-state index < -0.39 is 11.6 Å². The number of benzene rings is 3. The van der Waals surface area contributed by atoms with Gasteiger partial charge in [-0.25, -0.2) is 4.79 Å². The van der Waals surface area contributed by atoms with Gasteiger partial charge < -0.3 is 19.3 Å². The number of carboxylic acids is 1. The molecule has 2 unspecified atom stereocenters. The molecular formula is C28H31ClO5. The van der Waals surface area contributed by atoms with Crippen molar-refractivity contribution in [3.8, 4) is 17.2 Å². The lowest BCUT2D eigenvalue weighted by Gasteiger charge is -2.28. The van der Waals surface area contributed by atoms with Crippen LogP contribution in [-0.4, -0.2) is 23.8 Å². The Morgan fingerprint density at radius 1 is 0.824 bits per heavy atom. The Morgan fingerprint density at radius 2 is 1.32 bits per heavy atom. The second-order valence-electron chi connectivity index (χ2n) is 9.43. The molecule has 3 aromatic carbocycles. The highest BCUT2D eigenvalue weighted by molar-refractivity contribution is 6.30. The molecular weight excluding hydrogens is 452 g/mol. The summed E-state index contributed by atoms with van der Waals surface area (Å²) in [6, 6.07) is 21.6. The molecule has 0 heterocycles. The van der Waals surface area contributed by atoms with Gasteiger partial charge in [-0.05, 0) is 73.4 Å². The summed E-state index contributed by atoms with van der Waals surface area (Å²) in [5, 5.41) is 10.6. The van der Waals surface area contributed by atoms with Crippen molar-refractivity contribution in [2.24, 2.45) is 0 Å². The van der Waals surface area contributed by atoms with Gasteiger partial charge in [0.1, 0.15) is 30.0 Å². The number of carboxylic acid groups (broad SMARTS) is 1. The number of ether oxygens (including phenoxy) is 3. The van der Waals surface area contributed by atoms with Gasteiger partial charge in [-0.1, -0.05) is 56.6 Å². The molecule has 3 aromatic rings. The first-order valence-electron chi connectivity index (χ1n) is 11.2. The number of hydrogen-bond donors (Lipinski definition) is 1. The van der Waals surface area contributed by atoms with E-state index in [4.69, 9.17) is 25.8 Å². The molecule has 0 amide bonds. The smallest absolute Gasteiger partial charge is 0.352 e. The molecule has 2 atom stereocenters. The van der Waals surface area contributed by atoms with Gasteiger partial charge in [-0.15, -0.1) is 0 Å². The van der Waals surface area contributed by atoms with E-state index in [1.54, 1.807) is 55.5 Å². The van der Waals surface area contributed by atoms with Crippen LogP contribution in [0.25, 0.3) is 0 Å². The zero-order valence-corrected chi connectivity index (χ0v) is 20.9. The summed E-state index contributed by atoms with van der Waals surface area (Å²) in [6.45, 7) is 10.2. The quantitative estimate of drug-likeness (QED) is 0.360. The van der Waals surface area contributed by atoms with E-state index in [0.717, 1.165) is 5.56 Å². The Balaban J connectivity index is 1.66. The lowest BCUT2D eigenvalue weighted by molar-refractivity contribution is -0.154. The average molecular weight is 483 g/mol. The van der Waals surface area contributed by atoms with Crippen LogP contribution in [0.5, 0.6) is 17.2 Å². The Bertz CT molecular complexity index is 1090. The van der Waals surface area contributed by atoms with Crippen LogP contribution >= 0.6 is 11.6 Å². The minimum atomic E-state index is -1.55. The van der Waals surface area contributed by atoms with Crippen molar-refractivity contribution in [1.29, 1.82) is 0 Å². The molecule has 0 aliphatic heterocycles. The van der Waals surface area contributed by atoms with E-state index in [9.17, 15) is 9.90 Å². The molecule has 0 saturated carbocycles. The second kappa shape index (κ2) is 10.4. The molecule has 5 nitrogen and oxygen atoms in total. The van der Waals surface area contributed by atoms with Gasteiger partial charge in [-0.2, -0.15) is 0 Å². The fraction of sp³-hybridized carbons (Fsp3) is 0.321. The zero-order valence-electron chi connectivity index (χ0n) is 20.2. The molecule has 34 heavy (non-hydrogen) atoms. The molecule has 0 saturated heterocycles. The molecule has 0 spiro atoms. The lowest BCUT2D eigenvalue weighted by Crippen LogP contribution is -2.38. The SMILES string of the molecule is CC(COc1ccc(Cl)cc1)Oc1ccc(C(C)(Oc2ccc(C(C)(C)C)cc2)C(=O)O)cc1. The van der Waals surface area contributed by atoms with Crippen LogP contribution < -0.4 is 14.2 Å². The Labute approximate surface area is 206 Å². The molecule has 0 bridgehead atoms. The molecule has 6 heteroatoms. The van der Waals surface area contributed by atoms with Crippen LogP contribution in [-0.2, 0) is 15.8 Å². The van der Waals surface area contributed by atoms with Gasteiger partial charge in [0.25, 0.3) is 0 Å². The standard InChI is InChI=1S/C28H31ClO5/c1-19(18-32-23-16-10-22(29)11-17-23)33-24-12-8-21(9-13-24)28(5,26(30)31)34-25-14-6-20(7-15-25)27(2,3)4/h6-17,19H,18H2,1-5H3,(H,30,31). The Morgan fingerprint density at radius 3 is 1.85 bits per heavy atom. The monoisotopic (exact) mass is 482 g/mol. The molecule has 0 fully saturated rings. The first kappa shape index (κ1) is 25.4. The maximum Gasteiger partial charge on any atom is 0.352 e. The van der Waals surface area contributed by atoms with Crippen molar-refractivity contribution in [3.05, 3.63) is 88.9 Å². The lowest BCUT2D eigenvalue weighted by atomic mass is 9.87. The third kappa shape index (κ3) is 6.45. The zero-order chi connectivity index (χ0) is 24.9. The Kier molecular flexibility index (Phi) is 7.78. The highest BCUT2D eigenvalue weighted by Gasteiger charge is 2.38. The van der Waals surface area contributed by atoms with E-state index in [0.29, 0.717) is 34.4 Å². The van der Waals surface area contributed by atoms with Crippen molar-refractivity contribution in [3.63, 3.8) is 0 Å². The van der Waals surface area contributed by atoms with Gasteiger partial charge in [0, 0.05) is 10.6 Å².